The van der Waals surface area contributed by atoms with Crippen LogP contribution in [0.1, 0.15) is 13.8 Å². The number of rotatable bonds is 2. The minimum absolute atomic E-state index is 1.02. The second kappa shape index (κ2) is 3.21. The van der Waals surface area contributed by atoms with Crippen LogP contribution < -0.4 is 0 Å². The third-order valence-electron chi connectivity index (χ3n) is 1.01. The van der Waals surface area contributed by atoms with Gasteiger partial charge in [0.15, 0.2) is 0 Å². The van der Waals surface area contributed by atoms with E-state index in [0.717, 1.165) is 12.3 Å². The first-order valence-corrected chi connectivity index (χ1v) is 6.91. The van der Waals surface area contributed by atoms with Crippen LogP contribution in [0.25, 0.3) is 0 Å². The van der Waals surface area contributed by atoms with Crippen molar-refractivity contribution in [3.63, 3.8) is 0 Å². The summed E-state index contributed by atoms with van der Waals surface area (Å²) in [7, 11) is 0. The van der Waals surface area contributed by atoms with Crippen LogP contribution in [-0.4, -0.2) is 12.3 Å². The summed E-state index contributed by atoms with van der Waals surface area (Å²) in [6, 6.07) is 0. The first-order valence-electron chi connectivity index (χ1n) is 2.45. The molecule has 0 N–H and O–H groups in total. The minimum atomic E-state index is -1.02. The van der Waals surface area contributed by atoms with E-state index in [9.17, 15) is 0 Å². The van der Waals surface area contributed by atoms with Gasteiger partial charge < -0.3 is 0 Å². The van der Waals surface area contributed by atoms with E-state index < -0.39 is 5.67 Å². The van der Waals surface area contributed by atoms with Crippen LogP contribution in [0.2, 0.25) is 0 Å². The first-order chi connectivity index (χ1) is 3.12. The van der Waals surface area contributed by atoms with E-state index in [-0.39, 0.29) is 0 Å². The molecule has 0 radical (unpaired) electrons. The van der Waals surface area contributed by atoms with E-state index in [2.05, 4.69) is 38.3 Å². The van der Waals surface area contributed by atoms with Crippen molar-refractivity contribution >= 4 is 30.2 Å². The number of thiol groups is 2. The molecule has 0 aromatic heterocycles. The zero-order chi connectivity index (χ0) is 5.91. The third-order valence-corrected chi connectivity index (χ3v) is 6.43. The van der Waals surface area contributed by atoms with Gasteiger partial charge in [-0.05, 0) is 13.8 Å². The molecule has 0 aliphatic rings. The Hall–Kier alpha value is 1.13. The maximum atomic E-state index is 4.36. The highest BCUT2D eigenvalue weighted by Gasteiger charge is 2.22. The molecule has 0 rings (SSSR count). The molecule has 44 valence electrons. The molecule has 0 spiro atoms. The Morgan fingerprint density at radius 3 is 1.43 bits per heavy atom. The van der Waals surface area contributed by atoms with Crippen LogP contribution in [0, 0.1) is 0 Å². The Labute approximate surface area is 56.7 Å². The summed E-state index contributed by atoms with van der Waals surface area (Å²) >= 11 is 8.72. The zero-order valence-electron chi connectivity index (χ0n) is 4.76. The molecule has 0 bridgehead atoms. The maximum Gasteiger partial charge on any atom is 0.125 e. The Morgan fingerprint density at radius 2 is 1.43 bits per heavy atom. The summed E-state index contributed by atoms with van der Waals surface area (Å²) in [6.45, 7) is 4.27. The van der Waals surface area contributed by atoms with Crippen LogP contribution in [0.3, 0.4) is 0 Å². The number of hydrogen-bond acceptors (Lipinski definition) is 2. The molecular weight excluding hydrogens is 143 g/mol. The van der Waals surface area contributed by atoms with E-state index in [1.165, 1.54) is 0 Å². The molecule has 0 aliphatic heterocycles. The van der Waals surface area contributed by atoms with Crippen LogP contribution in [-0.2, 0) is 0 Å². The normalized spacial score (nSPS) is 12.0. The molecule has 0 amide bonds. The average Bonchev–Trinajstić information content (AvgIpc) is 1.68. The van der Waals surface area contributed by atoms with E-state index in [1.54, 1.807) is 0 Å². The molecule has 0 aromatic rings. The Morgan fingerprint density at radius 1 is 1.14 bits per heavy atom. The van der Waals surface area contributed by atoms with Gasteiger partial charge >= 0.3 is 0 Å². The molecule has 0 aromatic carbocycles. The molecular formula is C4H12PS2+. The summed E-state index contributed by atoms with van der Waals surface area (Å²) in [5.74, 6) is 0. The summed E-state index contributed by atoms with van der Waals surface area (Å²) < 4.78 is 0. The summed E-state index contributed by atoms with van der Waals surface area (Å²) in [5.41, 5.74) is -1.02. The molecule has 7 heavy (non-hydrogen) atoms. The lowest BCUT2D eigenvalue weighted by atomic mass is 11.0. The second-order valence-electron chi connectivity index (χ2n) is 1.51. The molecule has 0 nitrogen and oxygen atoms in total. The molecule has 0 atom stereocenters. The van der Waals surface area contributed by atoms with Crippen LogP contribution >= 0.6 is 30.2 Å². The average molecular weight is 155 g/mol. The van der Waals surface area contributed by atoms with Crippen molar-refractivity contribution in [2.24, 2.45) is 0 Å². The Balaban J connectivity index is 3.36. The zero-order valence-corrected chi connectivity index (χ0v) is 7.44. The van der Waals surface area contributed by atoms with Crippen LogP contribution in [0.5, 0.6) is 0 Å². The minimum Gasteiger partial charge on any atom is -0.0292 e. The van der Waals surface area contributed by atoms with Crippen molar-refractivity contribution in [2.45, 2.75) is 13.8 Å². The van der Waals surface area contributed by atoms with Crippen molar-refractivity contribution in [2.75, 3.05) is 12.3 Å². The van der Waals surface area contributed by atoms with Gasteiger partial charge in [0.05, 0.1) is 12.3 Å². The molecule has 0 fully saturated rings. The SMILES string of the molecule is CC[P+](S)(S)CC. The highest BCUT2D eigenvalue weighted by molar-refractivity contribution is 8.85. The smallest absolute Gasteiger partial charge is 0.0292 e. The van der Waals surface area contributed by atoms with Crippen molar-refractivity contribution in [3.05, 3.63) is 0 Å². The van der Waals surface area contributed by atoms with Crippen LogP contribution in [0.15, 0.2) is 0 Å². The third kappa shape index (κ3) is 3.69. The topological polar surface area (TPSA) is 0 Å². The summed E-state index contributed by atoms with van der Waals surface area (Å²) in [4.78, 5) is 0. The van der Waals surface area contributed by atoms with Gasteiger partial charge in [-0.2, -0.15) is 0 Å². The largest absolute Gasteiger partial charge is 0.125 e. The molecule has 3 heteroatoms. The van der Waals surface area contributed by atoms with E-state index >= 15 is 0 Å². The second-order valence-corrected chi connectivity index (χ2v) is 10.1. The molecule has 0 unspecified atom stereocenters. The quantitative estimate of drug-likeness (QED) is 0.444. The van der Waals surface area contributed by atoms with Gasteiger partial charge in [0.1, 0.15) is 5.67 Å². The van der Waals surface area contributed by atoms with Crippen molar-refractivity contribution in [3.8, 4) is 0 Å². The van der Waals surface area contributed by atoms with Crippen LogP contribution in [0.4, 0.5) is 0 Å². The summed E-state index contributed by atoms with van der Waals surface area (Å²) in [5, 5.41) is 0. The fourth-order valence-corrected chi connectivity index (χ4v) is 0.671. The summed E-state index contributed by atoms with van der Waals surface area (Å²) in [6.07, 6.45) is 2.27. The predicted molar refractivity (Wildman–Crippen MR) is 46.0 cm³/mol. The van der Waals surface area contributed by atoms with Gasteiger partial charge in [0.2, 0.25) is 0 Å². The highest BCUT2D eigenvalue weighted by Crippen LogP contribution is 2.67. The molecule has 0 saturated carbocycles. The lowest BCUT2D eigenvalue weighted by molar-refractivity contribution is 1.43. The maximum absolute atomic E-state index is 4.36. The van der Waals surface area contributed by atoms with E-state index in [4.69, 9.17) is 0 Å². The Bertz CT molecular complexity index is 47.7. The van der Waals surface area contributed by atoms with E-state index in [0.29, 0.717) is 0 Å². The van der Waals surface area contributed by atoms with Gasteiger partial charge in [-0.25, -0.2) is 0 Å². The van der Waals surface area contributed by atoms with Gasteiger partial charge in [0, 0.05) is 24.5 Å². The predicted octanol–water partition coefficient (Wildman–Crippen LogP) is 2.73. The molecule has 0 aliphatic carbocycles. The van der Waals surface area contributed by atoms with Crippen molar-refractivity contribution in [1.29, 1.82) is 0 Å². The molecule has 0 saturated heterocycles. The van der Waals surface area contributed by atoms with Gasteiger partial charge in [-0.1, -0.05) is 0 Å². The van der Waals surface area contributed by atoms with Gasteiger partial charge in [0.25, 0.3) is 0 Å². The van der Waals surface area contributed by atoms with Crippen molar-refractivity contribution < 1.29 is 0 Å². The first kappa shape index (κ1) is 8.13. The Kier molecular flexibility index (Phi) is 3.73. The standard InChI is InChI=1S/C4H12PS2/c1-3-5(6,7)4-2/h6-7H,3-4H2,1-2H3/q+1. The van der Waals surface area contributed by atoms with Crippen molar-refractivity contribution in [1.82, 2.24) is 0 Å². The number of hydrogen-bond donors (Lipinski definition) is 2. The monoisotopic (exact) mass is 155 g/mol. The lowest BCUT2D eigenvalue weighted by Gasteiger charge is -2.06. The van der Waals surface area contributed by atoms with E-state index in [1.807, 2.05) is 0 Å². The van der Waals surface area contributed by atoms with Gasteiger partial charge in [-0.15, -0.1) is 0 Å². The van der Waals surface area contributed by atoms with Gasteiger partial charge in [-0.3, -0.25) is 0 Å². The lowest BCUT2D eigenvalue weighted by Crippen LogP contribution is -1.80. The fraction of sp³-hybridized carbons (Fsp3) is 1.00. The molecule has 0 heterocycles. The highest BCUT2D eigenvalue weighted by atomic mass is 33.1. The fourth-order valence-electron chi connectivity index (χ4n) is 0.224.